The van der Waals surface area contributed by atoms with E-state index in [9.17, 15) is 0 Å². The second-order valence-corrected chi connectivity index (χ2v) is 14.8. The minimum atomic E-state index is -0.467. The molecule has 3 aliphatic carbocycles. The third-order valence-electron chi connectivity index (χ3n) is 12.2. The Kier molecular flexibility index (Phi) is 5.75. The molecule has 3 nitrogen and oxygen atoms in total. The Hall–Kier alpha value is -6.58. The van der Waals surface area contributed by atoms with Gasteiger partial charge in [0.05, 0.1) is 28.2 Å². The first-order valence-corrected chi connectivity index (χ1v) is 18.6. The Morgan fingerprint density at radius 3 is 1.89 bits per heavy atom. The van der Waals surface area contributed by atoms with Crippen molar-refractivity contribution < 1.29 is 4.74 Å². The molecular weight excluding hydrogens is 645 g/mol. The van der Waals surface area contributed by atoms with Crippen molar-refractivity contribution in [2.75, 3.05) is 4.90 Å². The maximum Gasteiger partial charge on any atom is 0.150 e. The van der Waals surface area contributed by atoms with E-state index in [1.165, 1.54) is 66.3 Å². The molecule has 1 aliphatic heterocycles. The Labute approximate surface area is 308 Å². The standard InChI is InChI=1S/C50H34N2O/c1-31-29-33(30-46-48(31)51(32-15-3-2-4-16-32)44-25-13-14-26-45(44)53-46)52-43-24-12-8-20-37(43)39-28-27-38-36-19-7-11-23-42(36)50(47(38)49(39)52)40-21-9-5-17-34(40)35-18-6-10-22-41(35)50/h2-31,48H,1H3. The zero-order valence-corrected chi connectivity index (χ0v) is 29.2. The highest BCUT2D eigenvalue weighted by molar-refractivity contribution is 6.15. The van der Waals surface area contributed by atoms with E-state index in [1.54, 1.807) is 0 Å². The van der Waals surface area contributed by atoms with Crippen molar-refractivity contribution in [3.63, 3.8) is 0 Å². The van der Waals surface area contributed by atoms with Crippen LogP contribution in [0.25, 0.3) is 49.8 Å². The van der Waals surface area contributed by atoms with Crippen LogP contribution in [-0.2, 0) is 5.41 Å². The van der Waals surface area contributed by atoms with Crippen molar-refractivity contribution in [1.29, 1.82) is 0 Å². The molecule has 1 spiro atoms. The summed E-state index contributed by atoms with van der Waals surface area (Å²) in [5.74, 6) is 1.99. The van der Waals surface area contributed by atoms with Crippen LogP contribution in [0.1, 0.15) is 29.2 Å². The molecule has 3 heteroatoms. The molecule has 0 radical (unpaired) electrons. The number of anilines is 2. The fraction of sp³-hybridized carbons (Fsp3) is 0.0800. The summed E-state index contributed by atoms with van der Waals surface area (Å²) in [5.41, 5.74) is 16.1. The smallest absolute Gasteiger partial charge is 0.150 e. The molecular formula is C50H34N2O. The molecule has 8 aromatic rings. The third-order valence-corrected chi connectivity index (χ3v) is 12.2. The highest BCUT2D eigenvalue weighted by atomic mass is 16.5. The molecule has 0 N–H and O–H groups in total. The molecule has 0 amide bonds. The molecule has 2 atom stereocenters. The SMILES string of the molecule is CC1C=C(n2c3ccccc3c3ccc4c(c32)C2(c3ccccc3-c3ccccc32)c2ccccc2-4)C=C2Oc3ccccc3N(c3ccccc3)C21. The minimum absolute atomic E-state index is 0.0130. The molecule has 0 saturated heterocycles. The third kappa shape index (κ3) is 3.64. The second-order valence-electron chi connectivity index (χ2n) is 14.8. The van der Waals surface area contributed by atoms with E-state index >= 15 is 0 Å². The van der Waals surface area contributed by atoms with Crippen molar-refractivity contribution in [1.82, 2.24) is 4.57 Å². The lowest BCUT2D eigenvalue weighted by Crippen LogP contribution is -2.43. The number of aromatic nitrogens is 1. The van der Waals surface area contributed by atoms with Crippen molar-refractivity contribution in [3.8, 4) is 28.0 Å². The average Bonchev–Trinajstić information content (AvgIpc) is 3.82. The van der Waals surface area contributed by atoms with Gasteiger partial charge in [-0.05, 0) is 69.3 Å². The summed E-state index contributed by atoms with van der Waals surface area (Å²) in [4.78, 5) is 2.46. The van der Waals surface area contributed by atoms with Gasteiger partial charge in [0, 0.05) is 39.7 Å². The van der Waals surface area contributed by atoms with Gasteiger partial charge in [0.1, 0.15) is 5.76 Å². The monoisotopic (exact) mass is 678 g/mol. The zero-order valence-electron chi connectivity index (χ0n) is 29.2. The molecule has 0 bridgehead atoms. The zero-order chi connectivity index (χ0) is 34.8. The van der Waals surface area contributed by atoms with Gasteiger partial charge in [0.15, 0.2) is 5.75 Å². The van der Waals surface area contributed by atoms with Gasteiger partial charge in [0.25, 0.3) is 0 Å². The quantitative estimate of drug-likeness (QED) is 0.181. The molecule has 250 valence electrons. The first-order valence-electron chi connectivity index (χ1n) is 18.6. The van der Waals surface area contributed by atoms with E-state index in [0.717, 1.165) is 28.6 Å². The number of hydrogen-bond donors (Lipinski definition) is 0. The van der Waals surface area contributed by atoms with E-state index in [1.807, 2.05) is 0 Å². The molecule has 0 saturated carbocycles. The lowest BCUT2D eigenvalue weighted by atomic mass is 9.70. The lowest BCUT2D eigenvalue weighted by molar-refractivity contribution is 0.334. The van der Waals surface area contributed by atoms with Gasteiger partial charge in [-0.25, -0.2) is 0 Å². The molecule has 1 aromatic heterocycles. The maximum absolute atomic E-state index is 6.91. The van der Waals surface area contributed by atoms with Gasteiger partial charge in [-0.3, -0.25) is 0 Å². The summed E-state index contributed by atoms with van der Waals surface area (Å²) < 4.78 is 9.46. The van der Waals surface area contributed by atoms with Crippen LogP contribution in [0.15, 0.2) is 182 Å². The van der Waals surface area contributed by atoms with Crippen LogP contribution in [-0.4, -0.2) is 10.6 Å². The van der Waals surface area contributed by atoms with E-state index < -0.39 is 5.41 Å². The molecule has 2 heterocycles. The predicted octanol–water partition coefficient (Wildman–Crippen LogP) is 12.1. The van der Waals surface area contributed by atoms with Gasteiger partial charge >= 0.3 is 0 Å². The van der Waals surface area contributed by atoms with Crippen LogP contribution < -0.4 is 9.64 Å². The van der Waals surface area contributed by atoms with Crippen LogP contribution in [0, 0.1) is 5.92 Å². The first-order chi connectivity index (χ1) is 26.2. The molecule has 53 heavy (non-hydrogen) atoms. The van der Waals surface area contributed by atoms with E-state index in [2.05, 4.69) is 192 Å². The van der Waals surface area contributed by atoms with Crippen LogP contribution in [0.3, 0.4) is 0 Å². The minimum Gasteiger partial charge on any atom is -0.457 e. The number of benzene rings is 7. The Morgan fingerprint density at radius 1 is 0.547 bits per heavy atom. The van der Waals surface area contributed by atoms with Crippen molar-refractivity contribution in [3.05, 3.63) is 204 Å². The van der Waals surface area contributed by atoms with E-state index in [0.29, 0.717) is 0 Å². The number of nitrogens with zero attached hydrogens (tertiary/aromatic N) is 2. The summed E-state index contributed by atoms with van der Waals surface area (Å²) in [5, 5.41) is 2.52. The average molecular weight is 679 g/mol. The van der Waals surface area contributed by atoms with Crippen LogP contribution in [0.5, 0.6) is 5.75 Å². The number of fused-ring (bicyclic) bond motifs is 16. The topological polar surface area (TPSA) is 17.4 Å². The summed E-state index contributed by atoms with van der Waals surface area (Å²) in [6.07, 6.45) is 4.78. The first kappa shape index (κ1) is 29.0. The van der Waals surface area contributed by atoms with Gasteiger partial charge < -0.3 is 14.2 Å². The summed E-state index contributed by atoms with van der Waals surface area (Å²) in [6.45, 7) is 2.34. The largest absolute Gasteiger partial charge is 0.457 e. The summed E-state index contributed by atoms with van der Waals surface area (Å²) in [7, 11) is 0. The lowest BCUT2D eigenvalue weighted by Gasteiger charge is -2.43. The Morgan fingerprint density at radius 2 is 1.15 bits per heavy atom. The van der Waals surface area contributed by atoms with Crippen molar-refractivity contribution >= 4 is 38.9 Å². The fourth-order valence-corrected chi connectivity index (χ4v) is 10.3. The maximum atomic E-state index is 6.91. The van der Waals surface area contributed by atoms with Gasteiger partial charge in [-0.1, -0.05) is 146 Å². The number of rotatable bonds is 2. The number of hydrogen-bond acceptors (Lipinski definition) is 2. The van der Waals surface area contributed by atoms with Crippen LogP contribution >= 0.6 is 0 Å². The van der Waals surface area contributed by atoms with Gasteiger partial charge in [-0.2, -0.15) is 0 Å². The normalized spacial score (nSPS) is 18.4. The van der Waals surface area contributed by atoms with Gasteiger partial charge in [0.2, 0.25) is 0 Å². The number of ether oxygens (including phenoxy) is 1. The number of allylic oxidation sites excluding steroid dienone is 2. The van der Waals surface area contributed by atoms with Crippen molar-refractivity contribution in [2.24, 2.45) is 5.92 Å². The van der Waals surface area contributed by atoms with E-state index in [-0.39, 0.29) is 12.0 Å². The highest BCUT2D eigenvalue weighted by Crippen LogP contribution is 2.64. The molecule has 12 rings (SSSR count). The van der Waals surface area contributed by atoms with Gasteiger partial charge in [-0.15, -0.1) is 0 Å². The highest BCUT2D eigenvalue weighted by Gasteiger charge is 2.53. The molecule has 2 unspecified atom stereocenters. The predicted molar refractivity (Wildman–Crippen MR) is 217 cm³/mol. The second kappa shape index (κ2) is 10.5. The Bertz CT molecular complexity index is 2850. The summed E-state index contributed by atoms with van der Waals surface area (Å²) in [6, 6.07) is 60.1. The molecule has 0 fully saturated rings. The fourth-order valence-electron chi connectivity index (χ4n) is 10.3. The molecule has 4 aliphatic rings. The summed E-state index contributed by atoms with van der Waals surface area (Å²) >= 11 is 0. The van der Waals surface area contributed by atoms with E-state index in [4.69, 9.17) is 4.74 Å². The van der Waals surface area contributed by atoms with Crippen LogP contribution in [0.2, 0.25) is 0 Å². The Balaban J connectivity index is 1.18. The molecule has 7 aromatic carbocycles. The van der Waals surface area contributed by atoms with Crippen LogP contribution in [0.4, 0.5) is 11.4 Å². The van der Waals surface area contributed by atoms with Crippen molar-refractivity contribution in [2.45, 2.75) is 18.4 Å². The number of para-hydroxylation sites is 4.